The quantitative estimate of drug-likeness (QED) is 0.794. The molecule has 0 fully saturated rings. The summed E-state index contributed by atoms with van der Waals surface area (Å²) in [6, 6.07) is 6.77. The average Bonchev–Trinajstić information content (AvgIpc) is 2.86. The summed E-state index contributed by atoms with van der Waals surface area (Å²) in [4.78, 5) is 16.0. The smallest absolute Gasteiger partial charge is 0.319 e. The van der Waals surface area contributed by atoms with Crippen LogP contribution in [-0.2, 0) is 6.42 Å². The zero-order chi connectivity index (χ0) is 14.4. The first-order valence-electron chi connectivity index (χ1n) is 6.10. The van der Waals surface area contributed by atoms with Crippen molar-refractivity contribution in [2.45, 2.75) is 6.42 Å². The maximum atomic E-state index is 11.7. The highest BCUT2D eigenvalue weighted by Crippen LogP contribution is 2.15. The Morgan fingerprint density at radius 2 is 2.30 bits per heavy atom. The van der Waals surface area contributed by atoms with Gasteiger partial charge in [-0.1, -0.05) is 17.7 Å². The molecule has 3 N–H and O–H groups in total. The van der Waals surface area contributed by atoms with Crippen molar-refractivity contribution in [3.05, 3.63) is 40.4 Å². The SMILES string of the molecule is CNc1nc(CCNC(=O)Nc2cccc(Cl)c2)cs1. The topological polar surface area (TPSA) is 66.0 Å². The minimum absolute atomic E-state index is 0.253. The van der Waals surface area contributed by atoms with Gasteiger partial charge in [-0.25, -0.2) is 9.78 Å². The number of nitrogens with zero attached hydrogens (tertiary/aromatic N) is 1. The number of hydrogen-bond acceptors (Lipinski definition) is 4. The Morgan fingerprint density at radius 1 is 1.45 bits per heavy atom. The molecule has 0 unspecified atom stereocenters. The van der Waals surface area contributed by atoms with E-state index in [4.69, 9.17) is 11.6 Å². The van der Waals surface area contributed by atoms with E-state index in [-0.39, 0.29) is 6.03 Å². The molecule has 2 amide bonds. The average molecular weight is 311 g/mol. The zero-order valence-electron chi connectivity index (χ0n) is 10.9. The largest absolute Gasteiger partial charge is 0.365 e. The Balaban J connectivity index is 1.75. The van der Waals surface area contributed by atoms with E-state index >= 15 is 0 Å². The Bertz CT molecular complexity index is 587. The van der Waals surface area contributed by atoms with Gasteiger partial charge in [-0.05, 0) is 18.2 Å². The number of aromatic nitrogens is 1. The molecular formula is C13H15ClN4OS. The van der Waals surface area contributed by atoms with Gasteiger partial charge < -0.3 is 16.0 Å². The second-order valence-electron chi connectivity index (χ2n) is 4.04. The van der Waals surface area contributed by atoms with Gasteiger partial charge in [-0.15, -0.1) is 11.3 Å². The van der Waals surface area contributed by atoms with Crippen LogP contribution in [0.1, 0.15) is 5.69 Å². The summed E-state index contributed by atoms with van der Waals surface area (Å²) in [5.74, 6) is 0. The maximum absolute atomic E-state index is 11.7. The number of benzene rings is 1. The number of halogens is 1. The summed E-state index contributed by atoms with van der Waals surface area (Å²) in [6.07, 6.45) is 0.696. The molecule has 0 aliphatic carbocycles. The summed E-state index contributed by atoms with van der Waals surface area (Å²) in [7, 11) is 1.83. The number of amides is 2. The Kier molecular flexibility index (Phi) is 5.20. The van der Waals surface area contributed by atoms with Crippen LogP contribution in [0.25, 0.3) is 0 Å². The van der Waals surface area contributed by atoms with E-state index in [0.29, 0.717) is 23.7 Å². The third-order valence-corrected chi connectivity index (χ3v) is 3.66. The van der Waals surface area contributed by atoms with E-state index in [1.807, 2.05) is 12.4 Å². The van der Waals surface area contributed by atoms with Gasteiger partial charge in [-0.2, -0.15) is 0 Å². The number of nitrogens with one attached hydrogen (secondary N) is 3. The third kappa shape index (κ3) is 4.40. The molecule has 2 rings (SSSR count). The van der Waals surface area contributed by atoms with Crippen LogP contribution in [0, 0.1) is 0 Å². The van der Waals surface area contributed by atoms with Crippen molar-refractivity contribution in [1.29, 1.82) is 0 Å². The fourth-order valence-corrected chi connectivity index (χ4v) is 2.48. The van der Waals surface area contributed by atoms with Gasteiger partial charge in [0.05, 0.1) is 5.69 Å². The van der Waals surface area contributed by atoms with Gasteiger partial charge in [0.15, 0.2) is 5.13 Å². The van der Waals surface area contributed by atoms with E-state index in [1.165, 1.54) is 0 Å². The van der Waals surface area contributed by atoms with E-state index in [0.717, 1.165) is 10.8 Å². The first-order chi connectivity index (χ1) is 9.67. The normalized spacial score (nSPS) is 10.1. The van der Waals surface area contributed by atoms with Crippen molar-refractivity contribution in [2.24, 2.45) is 0 Å². The second-order valence-corrected chi connectivity index (χ2v) is 5.33. The number of carbonyl (C=O) groups excluding carboxylic acids is 1. The van der Waals surface area contributed by atoms with Crippen molar-refractivity contribution >= 4 is 39.8 Å². The number of thiazole rings is 1. The van der Waals surface area contributed by atoms with Crippen molar-refractivity contribution in [2.75, 3.05) is 24.2 Å². The van der Waals surface area contributed by atoms with Crippen LogP contribution in [0.4, 0.5) is 15.6 Å². The molecule has 0 aliphatic rings. The van der Waals surface area contributed by atoms with Crippen LogP contribution in [0.3, 0.4) is 0 Å². The molecule has 1 aromatic carbocycles. The van der Waals surface area contributed by atoms with Gasteiger partial charge in [0.1, 0.15) is 0 Å². The minimum Gasteiger partial charge on any atom is -0.365 e. The third-order valence-electron chi connectivity index (χ3n) is 2.51. The number of rotatable bonds is 5. The van der Waals surface area contributed by atoms with Crippen molar-refractivity contribution in [1.82, 2.24) is 10.3 Å². The lowest BCUT2D eigenvalue weighted by Gasteiger charge is -2.07. The lowest BCUT2D eigenvalue weighted by atomic mass is 10.3. The van der Waals surface area contributed by atoms with Crippen LogP contribution in [0.2, 0.25) is 5.02 Å². The lowest BCUT2D eigenvalue weighted by Crippen LogP contribution is -2.30. The first-order valence-corrected chi connectivity index (χ1v) is 7.35. The van der Waals surface area contributed by atoms with Crippen molar-refractivity contribution in [3.8, 4) is 0 Å². The Hall–Kier alpha value is -1.79. The predicted octanol–water partition coefficient (Wildman–Crippen LogP) is 3.20. The molecule has 5 nitrogen and oxygen atoms in total. The summed E-state index contributed by atoms with van der Waals surface area (Å²) < 4.78 is 0. The predicted molar refractivity (Wildman–Crippen MR) is 83.8 cm³/mol. The molecular weight excluding hydrogens is 296 g/mol. The van der Waals surface area contributed by atoms with Gasteiger partial charge in [0.2, 0.25) is 0 Å². The number of urea groups is 1. The molecule has 2 aromatic rings. The Morgan fingerprint density at radius 3 is 3.00 bits per heavy atom. The molecule has 0 bridgehead atoms. The van der Waals surface area contributed by atoms with Crippen LogP contribution in [-0.4, -0.2) is 24.6 Å². The molecule has 0 saturated carbocycles. The maximum Gasteiger partial charge on any atom is 0.319 e. The fraction of sp³-hybridized carbons (Fsp3) is 0.231. The van der Waals surface area contributed by atoms with Gasteiger partial charge in [-0.3, -0.25) is 0 Å². The van der Waals surface area contributed by atoms with Gasteiger partial charge in [0.25, 0.3) is 0 Å². The number of anilines is 2. The molecule has 7 heteroatoms. The van der Waals surface area contributed by atoms with E-state index in [1.54, 1.807) is 35.6 Å². The Labute approximate surface area is 126 Å². The van der Waals surface area contributed by atoms with Crippen LogP contribution in [0.15, 0.2) is 29.6 Å². The highest BCUT2D eigenvalue weighted by atomic mass is 35.5. The fourth-order valence-electron chi connectivity index (χ4n) is 1.58. The summed E-state index contributed by atoms with van der Waals surface area (Å²) >= 11 is 7.39. The molecule has 0 radical (unpaired) electrons. The van der Waals surface area contributed by atoms with Crippen LogP contribution in [0.5, 0.6) is 0 Å². The standard InChI is InChI=1S/C13H15ClN4OS/c1-15-13-18-11(8-20-13)5-6-16-12(19)17-10-4-2-3-9(14)7-10/h2-4,7-8H,5-6H2,1H3,(H,15,18)(H2,16,17,19). The highest BCUT2D eigenvalue weighted by Gasteiger charge is 2.03. The van der Waals surface area contributed by atoms with E-state index in [2.05, 4.69) is 20.9 Å². The number of hydrogen-bond donors (Lipinski definition) is 3. The summed E-state index contributed by atoms with van der Waals surface area (Å²) in [5, 5.41) is 11.9. The number of carbonyl (C=O) groups is 1. The molecule has 1 heterocycles. The molecule has 1 aromatic heterocycles. The van der Waals surface area contributed by atoms with E-state index < -0.39 is 0 Å². The monoisotopic (exact) mass is 310 g/mol. The second kappa shape index (κ2) is 7.12. The first kappa shape index (κ1) is 14.6. The zero-order valence-corrected chi connectivity index (χ0v) is 12.5. The van der Waals surface area contributed by atoms with Crippen LogP contribution >= 0.6 is 22.9 Å². The van der Waals surface area contributed by atoms with Gasteiger partial charge in [0, 0.05) is 36.1 Å². The molecule has 0 spiro atoms. The molecule has 0 atom stereocenters. The van der Waals surface area contributed by atoms with Gasteiger partial charge >= 0.3 is 6.03 Å². The summed E-state index contributed by atoms with van der Waals surface area (Å²) in [6.45, 7) is 0.527. The molecule has 0 aliphatic heterocycles. The molecule has 0 saturated heterocycles. The lowest BCUT2D eigenvalue weighted by molar-refractivity contribution is 0.252. The summed E-state index contributed by atoms with van der Waals surface area (Å²) in [5.41, 5.74) is 1.63. The van der Waals surface area contributed by atoms with Crippen LogP contribution < -0.4 is 16.0 Å². The van der Waals surface area contributed by atoms with Crippen molar-refractivity contribution < 1.29 is 4.79 Å². The van der Waals surface area contributed by atoms with Crippen molar-refractivity contribution in [3.63, 3.8) is 0 Å². The minimum atomic E-state index is -0.253. The molecule has 106 valence electrons. The van der Waals surface area contributed by atoms with E-state index in [9.17, 15) is 4.79 Å². The molecule has 20 heavy (non-hydrogen) atoms. The highest BCUT2D eigenvalue weighted by molar-refractivity contribution is 7.13.